The Morgan fingerprint density at radius 1 is 1.56 bits per heavy atom. The van der Waals surface area contributed by atoms with Crippen molar-refractivity contribution in [1.29, 1.82) is 0 Å². The topological polar surface area (TPSA) is 73.6 Å². The fourth-order valence-electron chi connectivity index (χ4n) is 1.60. The Balaban J connectivity index is 0.00000289. The molecule has 1 heterocycles. The highest BCUT2D eigenvalue weighted by Crippen LogP contribution is 2.07. The van der Waals surface area contributed by atoms with Gasteiger partial charge in [0, 0.05) is 19.8 Å². The molecule has 0 spiro atoms. The van der Waals surface area contributed by atoms with Gasteiger partial charge >= 0.3 is 0 Å². The third kappa shape index (κ3) is 6.54. The van der Waals surface area contributed by atoms with Gasteiger partial charge in [-0.05, 0) is 18.8 Å². The van der Waals surface area contributed by atoms with Crippen molar-refractivity contribution in [1.82, 2.24) is 5.32 Å². The van der Waals surface area contributed by atoms with Crippen molar-refractivity contribution in [3.05, 3.63) is 0 Å². The maximum absolute atomic E-state index is 11.5. The van der Waals surface area contributed by atoms with Crippen molar-refractivity contribution in [3.63, 3.8) is 0 Å². The molecule has 0 aromatic carbocycles. The second-order valence-electron chi connectivity index (χ2n) is 4.77. The molecule has 0 aliphatic carbocycles. The number of rotatable bonds is 7. The predicted octanol–water partition coefficient (Wildman–Crippen LogP) is 0.703. The van der Waals surface area contributed by atoms with Crippen LogP contribution in [0.4, 0.5) is 0 Å². The average molecular weight is 281 g/mol. The molecular weight excluding hydrogens is 256 g/mol. The Kier molecular flexibility index (Phi) is 9.36. The van der Waals surface area contributed by atoms with E-state index in [1.54, 1.807) is 0 Å². The van der Waals surface area contributed by atoms with Crippen LogP contribution < -0.4 is 11.1 Å². The number of amides is 1. The molecule has 1 rings (SSSR count). The summed E-state index contributed by atoms with van der Waals surface area (Å²) >= 11 is 0. The molecule has 1 unspecified atom stereocenters. The van der Waals surface area contributed by atoms with E-state index in [9.17, 15) is 4.79 Å². The summed E-state index contributed by atoms with van der Waals surface area (Å²) in [5, 5.41) is 2.81. The quantitative estimate of drug-likeness (QED) is 0.674. The fraction of sp³-hybridized carbons (Fsp3) is 0.917. The van der Waals surface area contributed by atoms with E-state index in [1.807, 2.05) is 13.8 Å². The maximum Gasteiger partial charge on any atom is 0.237 e. The van der Waals surface area contributed by atoms with Crippen LogP contribution in [0.15, 0.2) is 0 Å². The molecule has 1 amide bonds. The number of hydrogen-bond acceptors (Lipinski definition) is 4. The smallest absolute Gasteiger partial charge is 0.237 e. The highest BCUT2D eigenvalue weighted by Gasteiger charge is 2.17. The fourth-order valence-corrected chi connectivity index (χ4v) is 1.60. The number of nitrogens with two attached hydrogens (primary N) is 1. The van der Waals surface area contributed by atoms with Gasteiger partial charge in [0.15, 0.2) is 0 Å². The summed E-state index contributed by atoms with van der Waals surface area (Å²) in [6.07, 6.45) is 2.03. The molecule has 1 saturated heterocycles. The van der Waals surface area contributed by atoms with Crippen molar-refractivity contribution in [2.45, 2.75) is 38.8 Å². The largest absolute Gasteiger partial charge is 0.379 e. The number of hydrogen-bond donors (Lipinski definition) is 2. The Morgan fingerprint density at radius 2 is 2.28 bits per heavy atom. The first-order chi connectivity index (χ1) is 8.11. The van der Waals surface area contributed by atoms with Gasteiger partial charge in [0.05, 0.1) is 18.8 Å². The Morgan fingerprint density at radius 3 is 2.83 bits per heavy atom. The molecule has 3 N–H and O–H groups in total. The predicted molar refractivity (Wildman–Crippen MR) is 72.9 cm³/mol. The average Bonchev–Trinajstić information content (AvgIpc) is 2.80. The van der Waals surface area contributed by atoms with Crippen LogP contribution in [0.25, 0.3) is 0 Å². The Hall–Kier alpha value is -0.360. The van der Waals surface area contributed by atoms with Crippen LogP contribution in [0.3, 0.4) is 0 Å². The third-order valence-electron chi connectivity index (χ3n) is 2.88. The lowest BCUT2D eigenvalue weighted by Crippen LogP contribution is -2.44. The highest BCUT2D eigenvalue weighted by atomic mass is 35.5. The Bertz CT molecular complexity index is 233. The molecule has 2 atom stereocenters. The van der Waals surface area contributed by atoms with Gasteiger partial charge in [0.2, 0.25) is 5.91 Å². The van der Waals surface area contributed by atoms with Crippen LogP contribution >= 0.6 is 12.4 Å². The molecule has 1 aliphatic heterocycles. The van der Waals surface area contributed by atoms with Crippen LogP contribution in [-0.2, 0) is 14.3 Å². The van der Waals surface area contributed by atoms with Crippen molar-refractivity contribution in [2.75, 3.05) is 26.4 Å². The monoisotopic (exact) mass is 280 g/mol. The molecule has 0 radical (unpaired) electrons. The number of ether oxygens (including phenoxy) is 2. The normalized spacial score (nSPS) is 20.6. The van der Waals surface area contributed by atoms with E-state index in [4.69, 9.17) is 15.2 Å². The summed E-state index contributed by atoms with van der Waals surface area (Å²) in [5.74, 6) is 0.0890. The molecule has 0 aromatic heterocycles. The first-order valence-corrected chi connectivity index (χ1v) is 6.34. The van der Waals surface area contributed by atoms with Crippen molar-refractivity contribution >= 4 is 18.3 Å². The molecular formula is C12H25ClN2O3. The summed E-state index contributed by atoms with van der Waals surface area (Å²) in [5.41, 5.74) is 5.71. The molecule has 0 saturated carbocycles. The maximum atomic E-state index is 11.5. The lowest BCUT2D eigenvalue weighted by Gasteiger charge is -2.15. The van der Waals surface area contributed by atoms with E-state index >= 15 is 0 Å². The molecule has 5 nitrogen and oxygen atoms in total. The van der Waals surface area contributed by atoms with Gasteiger partial charge in [-0.15, -0.1) is 12.4 Å². The van der Waals surface area contributed by atoms with Crippen molar-refractivity contribution < 1.29 is 14.3 Å². The number of halogens is 1. The van der Waals surface area contributed by atoms with Crippen molar-refractivity contribution in [2.24, 2.45) is 11.7 Å². The zero-order valence-electron chi connectivity index (χ0n) is 11.2. The standard InChI is InChI=1S/C12H24N2O3.ClH/c1-9(2)11(13)12(15)14-5-3-6-17-10-4-7-16-8-10;/h9-11H,3-8,13H2,1-2H3,(H,14,15);1H/t10?,11-;/m0./s1. The second kappa shape index (κ2) is 9.55. The van der Waals surface area contributed by atoms with E-state index < -0.39 is 6.04 Å². The second-order valence-corrected chi connectivity index (χ2v) is 4.77. The molecule has 0 bridgehead atoms. The summed E-state index contributed by atoms with van der Waals surface area (Å²) in [6, 6.07) is -0.417. The molecule has 18 heavy (non-hydrogen) atoms. The van der Waals surface area contributed by atoms with Crippen LogP contribution in [0.2, 0.25) is 0 Å². The number of carbonyl (C=O) groups excluding carboxylic acids is 1. The molecule has 1 fully saturated rings. The van der Waals surface area contributed by atoms with Gasteiger partial charge in [-0.1, -0.05) is 13.8 Å². The minimum Gasteiger partial charge on any atom is -0.379 e. The zero-order valence-corrected chi connectivity index (χ0v) is 12.0. The van der Waals surface area contributed by atoms with Gasteiger partial charge in [0.1, 0.15) is 0 Å². The van der Waals surface area contributed by atoms with Gasteiger partial charge in [-0.3, -0.25) is 4.79 Å². The van der Waals surface area contributed by atoms with Crippen molar-refractivity contribution in [3.8, 4) is 0 Å². The minimum absolute atomic E-state index is 0. The summed E-state index contributed by atoms with van der Waals surface area (Å²) in [6.45, 7) is 6.65. The van der Waals surface area contributed by atoms with E-state index in [1.165, 1.54) is 0 Å². The molecule has 0 aromatic rings. The van der Waals surface area contributed by atoms with E-state index in [2.05, 4.69) is 5.32 Å². The summed E-state index contributed by atoms with van der Waals surface area (Å²) in [4.78, 5) is 11.5. The van der Waals surface area contributed by atoms with Gasteiger partial charge in [-0.2, -0.15) is 0 Å². The van der Waals surface area contributed by atoms with Gasteiger partial charge in [-0.25, -0.2) is 0 Å². The van der Waals surface area contributed by atoms with E-state index in [-0.39, 0.29) is 30.3 Å². The first-order valence-electron chi connectivity index (χ1n) is 6.34. The van der Waals surface area contributed by atoms with Gasteiger partial charge < -0.3 is 20.5 Å². The minimum atomic E-state index is -0.417. The molecule has 6 heteroatoms. The number of carbonyl (C=O) groups is 1. The summed E-state index contributed by atoms with van der Waals surface area (Å²) in [7, 11) is 0. The van der Waals surface area contributed by atoms with Crippen LogP contribution in [0, 0.1) is 5.92 Å². The SMILES string of the molecule is CC(C)[C@H](N)C(=O)NCCCOC1CCOC1.Cl. The molecule has 108 valence electrons. The molecule has 1 aliphatic rings. The first kappa shape index (κ1) is 17.6. The zero-order chi connectivity index (χ0) is 12.7. The van der Waals surface area contributed by atoms with Crippen LogP contribution in [-0.4, -0.2) is 44.4 Å². The Labute approximate surface area is 115 Å². The van der Waals surface area contributed by atoms with Gasteiger partial charge in [0.25, 0.3) is 0 Å². The van der Waals surface area contributed by atoms with E-state index in [0.717, 1.165) is 19.4 Å². The number of nitrogens with one attached hydrogen (secondary N) is 1. The highest BCUT2D eigenvalue weighted by molar-refractivity contribution is 5.85. The van der Waals surface area contributed by atoms with Crippen LogP contribution in [0.5, 0.6) is 0 Å². The van der Waals surface area contributed by atoms with Crippen LogP contribution in [0.1, 0.15) is 26.7 Å². The lowest BCUT2D eigenvalue weighted by molar-refractivity contribution is -0.123. The summed E-state index contributed by atoms with van der Waals surface area (Å²) < 4.78 is 10.8. The third-order valence-corrected chi connectivity index (χ3v) is 2.88. The van der Waals surface area contributed by atoms with E-state index in [0.29, 0.717) is 19.8 Å². The lowest BCUT2D eigenvalue weighted by atomic mass is 10.1.